The van der Waals surface area contributed by atoms with Crippen molar-refractivity contribution in [2.75, 3.05) is 20.2 Å². The fourth-order valence-electron chi connectivity index (χ4n) is 2.34. The molecule has 0 bridgehead atoms. The summed E-state index contributed by atoms with van der Waals surface area (Å²) in [5, 5.41) is 6.63. The molecule has 0 aliphatic carbocycles. The van der Waals surface area contributed by atoms with Crippen LogP contribution in [0.3, 0.4) is 0 Å². The number of ether oxygens (including phenoxy) is 1. The molecule has 108 valence electrons. The van der Waals surface area contributed by atoms with Gasteiger partial charge in [0.25, 0.3) is 0 Å². The maximum absolute atomic E-state index is 12.6. The van der Waals surface area contributed by atoms with Crippen LogP contribution in [0.25, 0.3) is 0 Å². The van der Waals surface area contributed by atoms with E-state index < -0.39 is 10.0 Å². The summed E-state index contributed by atoms with van der Waals surface area (Å²) in [4.78, 5) is 0.221. The molecule has 0 radical (unpaired) electrons. The van der Waals surface area contributed by atoms with Crippen molar-refractivity contribution in [1.82, 2.24) is 14.5 Å². The van der Waals surface area contributed by atoms with Crippen molar-refractivity contribution in [2.45, 2.75) is 36.6 Å². The highest BCUT2D eigenvalue weighted by Crippen LogP contribution is 2.26. The van der Waals surface area contributed by atoms with E-state index in [1.807, 2.05) is 0 Å². The Morgan fingerprint density at radius 2 is 2.11 bits per heavy atom. The second-order valence-corrected chi connectivity index (χ2v) is 6.74. The molecular weight excluding hydrogens is 290 g/mol. The van der Waals surface area contributed by atoms with Gasteiger partial charge in [-0.3, -0.25) is 5.10 Å². The molecule has 6 nitrogen and oxygen atoms in total. The monoisotopic (exact) mass is 307 g/mol. The van der Waals surface area contributed by atoms with Crippen molar-refractivity contribution in [3.05, 3.63) is 11.4 Å². The second-order valence-electron chi connectivity index (χ2n) is 4.60. The summed E-state index contributed by atoms with van der Waals surface area (Å²) < 4.78 is 32.0. The van der Waals surface area contributed by atoms with Gasteiger partial charge in [-0.15, -0.1) is 11.6 Å². The number of piperidine rings is 1. The van der Waals surface area contributed by atoms with Gasteiger partial charge in [-0.05, 0) is 19.8 Å². The van der Waals surface area contributed by atoms with Crippen LogP contribution in [0.4, 0.5) is 0 Å². The van der Waals surface area contributed by atoms with Crippen molar-refractivity contribution >= 4 is 21.6 Å². The van der Waals surface area contributed by atoms with Gasteiger partial charge in [0.1, 0.15) is 4.90 Å². The predicted molar refractivity (Wildman–Crippen MR) is 71.7 cm³/mol. The summed E-state index contributed by atoms with van der Waals surface area (Å²) in [5.41, 5.74) is 0.914. The van der Waals surface area contributed by atoms with Gasteiger partial charge in [0.15, 0.2) is 0 Å². The van der Waals surface area contributed by atoms with Crippen molar-refractivity contribution in [2.24, 2.45) is 0 Å². The number of nitrogens with zero attached hydrogens (tertiary/aromatic N) is 2. The molecule has 1 aliphatic rings. The third kappa shape index (κ3) is 2.79. The Morgan fingerprint density at radius 3 is 2.63 bits per heavy atom. The fourth-order valence-corrected chi connectivity index (χ4v) is 4.41. The average Bonchev–Trinajstić information content (AvgIpc) is 2.80. The molecule has 2 heterocycles. The first-order valence-corrected chi connectivity index (χ1v) is 8.11. The number of methoxy groups -OCH3 is 1. The van der Waals surface area contributed by atoms with E-state index in [4.69, 9.17) is 16.3 Å². The Kier molecular flexibility index (Phi) is 4.50. The number of aromatic nitrogens is 2. The van der Waals surface area contributed by atoms with Gasteiger partial charge in [-0.2, -0.15) is 9.40 Å². The van der Waals surface area contributed by atoms with Gasteiger partial charge < -0.3 is 4.74 Å². The van der Waals surface area contributed by atoms with E-state index in [-0.39, 0.29) is 16.9 Å². The zero-order valence-electron chi connectivity index (χ0n) is 11.0. The molecule has 1 N–H and O–H groups in total. The second kappa shape index (κ2) is 5.78. The number of rotatable bonds is 4. The van der Waals surface area contributed by atoms with Crippen molar-refractivity contribution in [3.8, 4) is 0 Å². The number of alkyl halides is 1. The van der Waals surface area contributed by atoms with E-state index in [1.165, 1.54) is 4.31 Å². The van der Waals surface area contributed by atoms with Crippen molar-refractivity contribution in [3.63, 3.8) is 0 Å². The molecule has 0 aromatic carbocycles. The molecule has 1 aliphatic heterocycles. The number of hydrogen-bond acceptors (Lipinski definition) is 4. The summed E-state index contributed by atoms with van der Waals surface area (Å²) in [6.45, 7) is 2.62. The molecule has 1 aromatic heterocycles. The zero-order chi connectivity index (χ0) is 14.0. The van der Waals surface area contributed by atoms with Gasteiger partial charge in [0.05, 0.1) is 23.4 Å². The fraction of sp³-hybridized carbons (Fsp3) is 0.727. The van der Waals surface area contributed by atoms with Crippen molar-refractivity contribution < 1.29 is 13.2 Å². The summed E-state index contributed by atoms with van der Waals surface area (Å²) in [6.07, 6.45) is 1.57. The minimum atomic E-state index is -3.52. The number of H-pyrrole nitrogens is 1. The van der Waals surface area contributed by atoms with Crippen LogP contribution in [0.5, 0.6) is 0 Å². The molecule has 0 amide bonds. The zero-order valence-corrected chi connectivity index (χ0v) is 12.6. The molecule has 19 heavy (non-hydrogen) atoms. The molecule has 0 saturated carbocycles. The number of halogens is 1. The third-order valence-electron chi connectivity index (χ3n) is 3.42. The lowest BCUT2D eigenvalue weighted by Crippen LogP contribution is -2.40. The number of hydrogen-bond donors (Lipinski definition) is 1. The molecule has 1 aromatic rings. The van der Waals surface area contributed by atoms with Crippen LogP contribution in [-0.2, 0) is 20.6 Å². The van der Waals surface area contributed by atoms with Crippen LogP contribution >= 0.6 is 11.6 Å². The van der Waals surface area contributed by atoms with Crippen LogP contribution in [-0.4, -0.2) is 49.2 Å². The minimum absolute atomic E-state index is 0.0768. The highest BCUT2D eigenvalue weighted by molar-refractivity contribution is 7.89. The lowest BCUT2D eigenvalue weighted by molar-refractivity contribution is 0.0604. The normalized spacial score (nSPS) is 18.9. The molecule has 0 atom stereocenters. The minimum Gasteiger partial charge on any atom is -0.381 e. The molecular formula is C11H18ClN3O3S. The standard InChI is InChI=1S/C11H18ClN3O3S/c1-8-11(10(7-12)14-13-8)19(16,17)15-5-3-9(18-2)4-6-15/h9H,3-7H2,1-2H3,(H,13,14). The Bertz CT molecular complexity index is 535. The van der Waals surface area contributed by atoms with Crippen LogP contribution in [0.2, 0.25) is 0 Å². The third-order valence-corrected chi connectivity index (χ3v) is 5.78. The Balaban J connectivity index is 2.26. The molecule has 2 rings (SSSR count). The Hall–Kier alpha value is -0.630. The summed E-state index contributed by atoms with van der Waals surface area (Å²) in [5.74, 6) is 0.0768. The number of sulfonamides is 1. The van der Waals surface area contributed by atoms with Gasteiger partial charge in [0, 0.05) is 20.2 Å². The number of aryl methyl sites for hydroxylation is 1. The molecule has 1 saturated heterocycles. The first kappa shape index (κ1) is 14.8. The highest BCUT2D eigenvalue weighted by atomic mass is 35.5. The van der Waals surface area contributed by atoms with Gasteiger partial charge >= 0.3 is 0 Å². The Morgan fingerprint density at radius 1 is 1.47 bits per heavy atom. The van der Waals surface area contributed by atoms with Gasteiger partial charge in [0.2, 0.25) is 10.0 Å². The smallest absolute Gasteiger partial charge is 0.246 e. The highest BCUT2D eigenvalue weighted by Gasteiger charge is 2.33. The van der Waals surface area contributed by atoms with E-state index in [1.54, 1.807) is 14.0 Å². The molecule has 8 heteroatoms. The molecule has 0 spiro atoms. The summed E-state index contributed by atoms with van der Waals surface area (Å²) in [6, 6.07) is 0. The van der Waals surface area contributed by atoms with Gasteiger partial charge in [-0.1, -0.05) is 0 Å². The lowest BCUT2D eigenvalue weighted by Gasteiger charge is -2.30. The van der Waals surface area contributed by atoms with E-state index in [0.717, 1.165) is 0 Å². The maximum atomic E-state index is 12.6. The van der Waals surface area contributed by atoms with Crippen LogP contribution < -0.4 is 0 Å². The van der Waals surface area contributed by atoms with Crippen molar-refractivity contribution in [1.29, 1.82) is 0 Å². The lowest BCUT2D eigenvalue weighted by atomic mass is 10.1. The first-order chi connectivity index (χ1) is 9.00. The topological polar surface area (TPSA) is 75.3 Å². The molecule has 0 unspecified atom stereocenters. The largest absolute Gasteiger partial charge is 0.381 e. The maximum Gasteiger partial charge on any atom is 0.246 e. The predicted octanol–water partition coefficient (Wildman–Crippen LogP) is 1.26. The number of nitrogens with one attached hydrogen (secondary N) is 1. The quantitative estimate of drug-likeness (QED) is 0.850. The summed E-state index contributed by atoms with van der Waals surface area (Å²) >= 11 is 5.75. The molecule has 1 fully saturated rings. The van der Waals surface area contributed by atoms with E-state index in [2.05, 4.69) is 10.2 Å². The first-order valence-electron chi connectivity index (χ1n) is 6.13. The van der Waals surface area contributed by atoms with Crippen LogP contribution in [0.15, 0.2) is 4.90 Å². The number of aromatic amines is 1. The average molecular weight is 308 g/mol. The Labute approximate surface area is 118 Å². The van der Waals surface area contributed by atoms with Crippen LogP contribution in [0, 0.1) is 6.92 Å². The van der Waals surface area contributed by atoms with E-state index >= 15 is 0 Å². The van der Waals surface area contributed by atoms with E-state index in [9.17, 15) is 8.42 Å². The summed E-state index contributed by atoms with van der Waals surface area (Å²) in [7, 11) is -1.87. The SMILES string of the molecule is COC1CCN(S(=O)(=O)c2c(CCl)n[nH]c2C)CC1. The van der Waals surface area contributed by atoms with Crippen LogP contribution in [0.1, 0.15) is 24.2 Å². The van der Waals surface area contributed by atoms with Gasteiger partial charge in [-0.25, -0.2) is 8.42 Å². The van der Waals surface area contributed by atoms with E-state index in [0.29, 0.717) is 37.3 Å².